The van der Waals surface area contributed by atoms with Crippen molar-refractivity contribution in [2.24, 2.45) is 0 Å². The fraction of sp³-hybridized carbons (Fsp3) is 0.0309. The average Bonchev–Trinajstić information content (AvgIpc) is 1.63. The van der Waals surface area contributed by atoms with Crippen molar-refractivity contribution in [3.63, 3.8) is 0 Å². The summed E-state index contributed by atoms with van der Waals surface area (Å²) in [5, 5.41) is 0. The Morgan fingerprint density at radius 1 is 0.206 bits per heavy atom. The maximum atomic E-state index is 2.59. The molecule has 0 heterocycles. The molecule has 97 heavy (non-hydrogen) atoms. The lowest BCUT2D eigenvalue weighted by Gasteiger charge is -2.36. The lowest BCUT2D eigenvalue weighted by Crippen LogP contribution is -2.29. The molecule has 0 aliphatic heterocycles. The standard InChI is InChI=1S/C97H68/c1-9-29-67(30-10-1)75-49-76(68-31-11-2-12-32-68)54-83(53-75)87-61-88(84-55-77(69-33-13-3-14-34-69)50-78(56-84)70-35-15-4-16-36-70)64-91(63-87)97(95-47-27-25-45-93(95)94-46-26-28-48-96(94)97)92-65-89(85-57-79(71-37-17-5-18-38-71)51-80(58-85)72-39-19-6-20-40-72)62-90(66-92)86-59-81(73-41-21-7-22-42-73)52-82(60-86)74-43-23-8-24-44-74/h1-59,61-66,82H,60H2. The highest BCUT2D eigenvalue weighted by Gasteiger charge is 2.47. The Balaban J connectivity index is 0.996. The molecule has 15 aromatic rings. The third-order valence-electron chi connectivity index (χ3n) is 20.0. The van der Waals surface area contributed by atoms with Crippen LogP contribution in [-0.2, 0) is 5.41 Å². The average molecular weight is 1230 g/mol. The van der Waals surface area contributed by atoms with Gasteiger partial charge in [0.15, 0.2) is 0 Å². The van der Waals surface area contributed by atoms with Crippen molar-refractivity contribution < 1.29 is 0 Å². The van der Waals surface area contributed by atoms with E-state index in [1.165, 1.54) is 106 Å². The van der Waals surface area contributed by atoms with Gasteiger partial charge in [0.2, 0.25) is 0 Å². The van der Waals surface area contributed by atoms with Gasteiger partial charge in [-0.25, -0.2) is 0 Å². The molecule has 0 amide bonds. The van der Waals surface area contributed by atoms with Gasteiger partial charge in [-0.2, -0.15) is 0 Å². The fourth-order valence-corrected chi connectivity index (χ4v) is 15.3. The molecule has 456 valence electrons. The Bertz CT molecular complexity index is 5050. The van der Waals surface area contributed by atoms with Crippen LogP contribution in [0.4, 0.5) is 0 Å². The number of fused-ring (bicyclic) bond motifs is 3. The number of benzene rings is 15. The van der Waals surface area contributed by atoms with E-state index in [0.717, 1.165) is 62.1 Å². The van der Waals surface area contributed by atoms with Crippen LogP contribution in [0, 0.1) is 0 Å². The van der Waals surface area contributed by atoms with E-state index in [4.69, 9.17) is 0 Å². The first kappa shape index (κ1) is 58.6. The molecular formula is C97H68. The van der Waals surface area contributed by atoms with E-state index in [-0.39, 0.29) is 5.92 Å². The van der Waals surface area contributed by atoms with Crippen LogP contribution in [-0.4, -0.2) is 0 Å². The van der Waals surface area contributed by atoms with Crippen molar-refractivity contribution >= 4 is 11.1 Å². The topological polar surface area (TPSA) is 0 Å². The zero-order chi connectivity index (χ0) is 64.5. The highest BCUT2D eigenvalue weighted by Crippen LogP contribution is 2.58. The molecular weight excluding hydrogens is 1170 g/mol. The van der Waals surface area contributed by atoms with Crippen LogP contribution in [0.1, 0.15) is 51.3 Å². The molecule has 1 unspecified atom stereocenters. The number of hydrogen-bond acceptors (Lipinski definition) is 0. The van der Waals surface area contributed by atoms with Crippen LogP contribution in [0.2, 0.25) is 0 Å². The Labute approximate surface area is 569 Å². The summed E-state index contributed by atoms with van der Waals surface area (Å²) in [6.45, 7) is 0. The molecule has 0 N–H and O–H groups in total. The highest BCUT2D eigenvalue weighted by molar-refractivity contribution is 5.94. The van der Waals surface area contributed by atoms with Gasteiger partial charge in [0, 0.05) is 5.92 Å². The molecule has 2 aliphatic rings. The first-order valence-electron chi connectivity index (χ1n) is 33.9. The minimum atomic E-state index is -0.868. The van der Waals surface area contributed by atoms with Crippen molar-refractivity contribution in [3.05, 3.63) is 433 Å². The van der Waals surface area contributed by atoms with Gasteiger partial charge in [-0.3, -0.25) is 0 Å². The second kappa shape index (κ2) is 25.6. The van der Waals surface area contributed by atoms with Crippen LogP contribution in [0.15, 0.2) is 394 Å². The minimum absolute atomic E-state index is 0.135. The Morgan fingerprint density at radius 3 is 0.763 bits per heavy atom. The van der Waals surface area contributed by atoms with Crippen molar-refractivity contribution in [3.8, 4) is 111 Å². The lowest BCUT2D eigenvalue weighted by atomic mass is 9.65. The maximum Gasteiger partial charge on any atom is 0.0714 e. The summed E-state index contributed by atoms with van der Waals surface area (Å²) in [6, 6.07) is 143. The summed E-state index contributed by atoms with van der Waals surface area (Å²) in [5.74, 6) is 0.135. The summed E-state index contributed by atoms with van der Waals surface area (Å²) in [5.41, 5.74) is 33.6. The Kier molecular flexibility index (Phi) is 15.5. The van der Waals surface area contributed by atoms with Gasteiger partial charge < -0.3 is 0 Å². The number of hydrogen-bond donors (Lipinski definition) is 0. The van der Waals surface area contributed by atoms with Crippen molar-refractivity contribution in [2.75, 3.05) is 0 Å². The molecule has 0 nitrogen and oxygen atoms in total. The molecule has 0 saturated carbocycles. The lowest BCUT2D eigenvalue weighted by molar-refractivity contribution is 0.768. The van der Waals surface area contributed by atoms with E-state index in [0.29, 0.717) is 0 Å². The molecule has 0 aromatic heterocycles. The van der Waals surface area contributed by atoms with Gasteiger partial charge in [-0.15, -0.1) is 0 Å². The number of allylic oxidation sites excluding steroid dienone is 4. The SMILES string of the molecule is C1=C(c2ccccc2)C=C(c2cc(-c3cc(-c4ccccc4)cc(-c4ccccc4)c3)cc(C3(c4cc(-c5cc(-c6ccccc6)cc(-c6ccccc6)c5)cc(-c5cc(-c6ccccc6)cc(-c6ccccc6)c5)c4)c4ccccc4-c4ccccc43)c2)CC1c1ccccc1. The molecule has 17 rings (SSSR count). The largest absolute Gasteiger partial charge is 0.0714 e. The predicted octanol–water partition coefficient (Wildman–Crippen LogP) is 25.7. The van der Waals surface area contributed by atoms with Gasteiger partial charge >= 0.3 is 0 Å². The van der Waals surface area contributed by atoms with E-state index in [1.807, 2.05) is 0 Å². The second-order valence-corrected chi connectivity index (χ2v) is 25.9. The minimum Gasteiger partial charge on any atom is -0.0688 e. The van der Waals surface area contributed by atoms with Gasteiger partial charge in [0.25, 0.3) is 0 Å². The molecule has 0 bridgehead atoms. The fourth-order valence-electron chi connectivity index (χ4n) is 15.3. The summed E-state index contributed by atoms with van der Waals surface area (Å²) < 4.78 is 0. The molecule has 1 atom stereocenters. The van der Waals surface area contributed by atoms with Crippen LogP contribution in [0.3, 0.4) is 0 Å². The van der Waals surface area contributed by atoms with Gasteiger partial charge in [-0.05, 0) is 259 Å². The monoisotopic (exact) mass is 1230 g/mol. The predicted molar refractivity (Wildman–Crippen MR) is 409 cm³/mol. The normalized spacial score (nSPS) is 13.6. The first-order chi connectivity index (χ1) is 48.0. The van der Waals surface area contributed by atoms with E-state index >= 15 is 0 Å². The maximum absolute atomic E-state index is 2.59. The third-order valence-corrected chi connectivity index (χ3v) is 20.0. The molecule has 0 radical (unpaired) electrons. The third kappa shape index (κ3) is 11.4. The Morgan fingerprint density at radius 2 is 0.443 bits per heavy atom. The smallest absolute Gasteiger partial charge is 0.0688 e. The second-order valence-electron chi connectivity index (χ2n) is 25.9. The highest BCUT2D eigenvalue weighted by atomic mass is 14.5. The molecule has 2 aliphatic carbocycles. The summed E-state index contributed by atoms with van der Waals surface area (Å²) >= 11 is 0. The zero-order valence-corrected chi connectivity index (χ0v) is 53.8. The van der Waals surface area contributed by atoms with Crippen LogP contribution >= 0.6 is 0 Å². The van der Waals surface area contributed by atoms with Gasteiger partial charge in [0.1, 0.15) is 0 Å². The van der Waals surface area contributed by atoms with E-state index in [9.17, 15) is 0 Å². The molecule has 0 spiro atoms. The van der Waals surface area contributed by atoms with Crippen LogP contribution in [0.25, 0.3) is 122 Å². The molecule has 0 saturated heterocycles. The Hall–Kier alpha value is -12.2. The quantitative estimate of drug-likeness (QED) is 0.102. The summed E-state index contributed by atoms with van der Waals surface area (Å²) in [4.78, 5) is 0. The zero-order valence-electron chi connectivity index (χ0n) is 53.8. The summed E-state index contributed by atoms with van der Waals surface area (Å²) in [6.07, 6.45) is 5.81. The van der Waals surface area contributed by atoms with E-state index in [1.54, 1.807) is 0 Å². The number of rotatable bonds is 14. The molecule has 15 aromatic carbocycles. The van der Waals surface area contributed by atoms with E-state index in [2.05, 4.69) is 394 Å². The van der Waals surface area contributed by atoms with Crippen molar-refractivity contribution in [1.82, 2.24) is 0 Å². The first-order valence-corrected chi connectivity index (χ1v) is 33.9. The van der Waals surface area contributed by atoms with Gasteiger partial charge in [0.05, 0.1) is 5.41 Å². The van der Waals surface area contributed by atoms with Crippen molar-refractivity contribution in [1.29, 1.82) is 0 Å². The summed E-state index contributed by atoms with van der Waals surface area (Å²) in [7, 11) is 0. The molecule has 0 fully saturated rings. The van der Waals surface area contributed by atoms with Crippen LogP contribution < -0.4 is 0 Å². The van der Waals surface area contributed by atoms with E-state index < -0.39 is 5.41 Å². The van der Waals surface area contributed by atoms with Crippen LogP contribution in [0.5, 0.6) is 0 Å². The molecule has 0 heteroatoms. The van der Waals surface area contributed by atoms with Crippen molar-refractivity contribution in [2.45, 2.75) is 17.8 Å². The van der Waals surface area contributed by atoms with Gasteiger partial charge in [-0.1, -0.05) is 303 Å².